The van der Waals surface area contributed by atoms with Crippen LogP contribution in [0.15, 0.2) is 35.1 Å². The van der Waals surface area contributed by atoms with Crippen LogP contribution in [-0.4, -0.2) is 57.3 Å². The van der Waals surface area contributed by atoms with Crippen LogP contribution in [0.3, 0.4) is 0 Å². The Labute approximate surface area is 207 Å². The number of nitrogens with zero attached hydrogens (tertiary/aromatic N) is 8. The zero-order chi connectivity index (χ0) is 24.7. The number of piperidine rings is 1. The van der Waals surface area contributed by atoms with Gasteiger partial charge in [0.05, 0.1) is 22.2 Å². The highest BCUT2D eigenvalue weighted by molar-refractivity contribution is 7.85. The van der Waals surface area contributed by atoms with E-state index < -0.39 is 15.7 Å². The van der Waals surface area contributed by atoms with Gasteiger partial charge in [0.2, 0.25) is 11.8 Å². The van der Waals surface area contributed by atoms with E-state index in [1.807, 2.05) is 39.1 Å². The molecule has 0 saturated carbocycles. The van der Waals surface area contributed by atoms with E-state index in [4.69, 9.17) is 15.1 Å². The molecule has 3 aromatic heterocycles. The summed E-state index contributed by atoms with van der Waals surface area (Å²) in [5.41, 5.74) is 4.71. The molecule has 4 aromatic rings. The lowest BCUT2D eigenvalue weighted by Crippen LogP contribution is -2.32. The number of hydrogen-bond donors (Lipinski definition) is 0. The van der Waals surface area contributed by atoms with Crippen molar-refractivity contribution in [2.75, 3.05) is 18.0 Å². The summed E-state index contributed by atoms with van der Waals surface area (Å²) in [7, 11) is -1.37. The lowest BCUT2D eigenvalue weighted by Gasteiger charge is -2.28. The van der Waals surface area contributed by atoms with Crippen LogP contribution in [0.1, 0.15) is 58.1 Å². The molecular weight excluding hydrogens is 460 g/mol. The summed E-state index contributed by atoms with van der Waals surface area (Å²) in [6.07, 6.45) is 8.37. The smallest absolute Gasteiger partial charge is 0.229 e. The maximum Gasteiger partial charge on any atom is 0.229 e. The third-order valence-corrected chi connectivity index (χ3v) is 7.56. The Bertz CT molecular complexity index is 1450. The van der Waals surface area contributed by atoms with Gasteiger partial charge in [0.15, 0.2) is 5.65 Å². The molecular formula is C25H30N8OS. The number of aromatic nitrogens is 6. The summed E-state index contributed by atoms with van der Waals surface area (Å²) < 4.78 is 18.8. The van der Waals surface area contributed by atoms with Crippen molar-refractivity contribution in [3.63, 3.8) is 0 Å². The highest BCUT2D eigenvalue weighted by Crippen LogP contribution is 2.30. The second-order valence-corrected chi connectivity index (χ2v) is 11.9. The lowest BCUT2D eigenvalue weighted by atomic mass is 10.0. The number of fused-ring (bicyclic) bond motifs is 3. The summed E-state index contributed by atoms with van der Waals surface area (Å²) in [5, 5.41) is 5.69. The van der Waals surface area contributed by atoms with Gasteiger partial charge >= 0.3 is 0 Å². The van der Waals surface area contributed by atoms with Crippen molar-refractivity contribution >= 4 is 39.2 Å². The van der Waals surface area contributed by atoms with Gasteiger partial charge in [-0.25, -0.2) is 19.2 Å². The van der Waals surface area contributed by atoms with Crippen LogP contribution in [0, 0.1) is 6.92 Å². The SMILES string of the molecule is CC(=N[S@](=O)C(C)(C)C)c1cc(C)cc2c1nc(N1CCCCC1)n1nc(-c3cnccn3)nc21. The Balaban J connectivity index is 1.79. The van der Waals surface area contributed by atoms with Crippen molar-refractivity contribution in [3.05, 3.63) is 41.9 Å². The van der Waals surface area contributed by atoms with Crippen LogP contribution >= 0.6 is 0 Å². The zero-order valence-electron chi connectivity index (χ0n) is 20.8. The van der Waals surface area contributed by atoms with Crippen molar-refractivity contribution in [1.29, 1.82) is 0 Å². The van der Waals surface area contributed by atoms with E-state index in [0.717, 1.165) is 53.9 Å². The number of benzene rings is 1. The molecule has 9 nitrogen and oxygen atoms in total. The zero-order valence-corrected chi connectivity index (χ0v) is 21.6. The van der Waals surface area contributed by atoms with Crippen LogP contribution < -0.4 is 4.90 Å². The van der Waals surface area contributed by atoms with Crippen LogP contribution in [0.25, 0.3) is 28.1 Å². The molecule has 1 aliphatic heterocycles. The molecule has 4 heterocycles. The average Bonchev–Trinajstić information content (AvgIpc) is 3.29. The normalized spacial score (nSPS) is 16.3. The minimum absolute atomic E-state index is 0.445. The first kappa shape index (κ1) is 23.5. The van der Waals surface area contributed by atoms with E-state index in [1.54, 1.807) is 18.6 Å². The molecule has 1 saturated heterocycles. The fraction of sp³-hybridized carbons (Fsp3) is 0.440. The third kappa shape index (κ3) is 4.54. The first-order valence-electron chi connectivity index (χ1n) is 11.9. The van der Waals surface area contributed by atoms with E-state index in [0.29, 0.717) is 22.9 Å². The molecule has 0 amide bonds. The van der Waals surface area contributed by atoms with Gasteiger partial charge in [0.1, 0.15) is 16.7 Å². The first-order chi connectivity index (χ1) is 16.7. The van der Waals surface area contributed by atoms with E-state index >= 15 is 0 Å². The van der Waals surface area contributed by atoms with Crippen LogP contribution in [-0.2, 0) is 11.0 Å². The van der Waals surface area contributed by atoms with E-state index in [-0.39, 0.29) is 0 Å². The highest BCUT2D eigenvalue weighted by atomic mass is 32.2. The van der Waals surface area contributed by atoms with Crippen molar-refractivity contribution < 1.29 is 4.21 Å². The molecule has 0 bridgehead atoms. The summed E-state index contributed by atoms with van der Waals surface area (Å²) in [6.45, 7) is 11.5. The maximum absolute atomic E-state index is 12.8. The largest absolute Gasteiger partial charge is 0.341 e. The Morgan fingerprint density at radius 1 is 1.09 bits per heavy atom. The topological polar surface area (TPSA) is 102 Å². The maximum atomic E-state index is 12.8. The molecule has 0 N–H and O–H groups in total. The predicted molar refractivity (Wildman–Crippen MR) is 140 cm³/mol. The molecule has 0 spiro atoms. The Morgan fingerprint density at radius 2 is 1.86 bits per heavy atom. The molecule has 5 rings (SSSR count). The van der Waals surface area contributed by atoms with Crippen molar-refractivity contribution in [2.24, 2.45) is 4.40 Å². The van der Waals surface area contributed by atoms with Crippen LogP contribution in [0.2, 0.25) is 0 Å². The van der Waals surface area contributed by atoms with Crippen molar-refractivity contribution in [2.45, 2.75) is 58.6 Å². The summed E-state index contributed by atoms with van der Waals surface area (Å²) in [6, 6.07) is 4.13. The Kier molecular flexibility index (Phi) is 6.08. The minimum atomic E-state index is -1.37. The van der Waals surface area contributed by atoms with Gasteiger partial charge in [-0.15, -0.1) is 5.10 Å². The fourth-order valence-electron chi connectivity index (χ4n) is 4.25. The number of hydrogen-bond acceptors (Lipinski definition) is 7. The molecule has 0 aliphatic carbocycles. The van der Waals surface area contributed by atoms with Gasteiger partial charge in [0.25, 0.3) is 0 Å². The number of rotatable bonds is 4. The van der Waals surface area contributed by atoms with Crippen molar-refractivity contribution in [3.8, 4) is 11.5 Å². The molecule has 1 aliphatic rings. The minimum Gasteiger partial charge on any atom is -0.341 e. The molecule has 182 valence electrons. The number of aryl methyl sites for hydroxylation is 1. The standard InChI is InChI=1S/C25H30N8OS/c1-16-13-18(17(2)31-35(34)25(3,4)5)21-19(14-16)23-29-22(20-15-26-9-10-27-20)30-33(23)24(28-21)32-11-7-6-8-12-32/h9-10,13-15H,6-8,11-12H2,1-5H3/t35-/m1/s1. The molecule has 10 heteroatoms. The van der Waals surface area contributed by atoms with Gasteiger partial charge in [-0.1, -0.05) is 0 Å². The van der Waals surface area contributed by atoms with Crippen molar-refractivity contribution in [1.82, 2.24) is 29.5 Å². The predicted octanol–water partition coefficient (Wildman–Crippen LogP) is 4.30. The van der Waals surface area contributed by atoms with Gasteiger partial charge in [0, 0.05) is 36.4 Å². The molecule has 1 fully saturated rings. The summed E-state index contributed by atoms with van der Waals surface area (Å²) in [4.78, 5) is 20.9. The van der Waals surface area contributed by atoms with E-state index in [9.17, 15) is 4.21 Å². The average molecular weight is 491 g/mol. The molecule has 0 unspecified atom stereocenters. The van der Waals surface area contributed by atoms with Gasteiger partial charge in [-0.3, -0.25) is 4.98 Å². The Hall–Kier alpha value is -3.27. The molecule has 1 atom stereocenters. The molecule has 0 radical (unpaired) electrons. The second kappa shape index (κ2) is 9.07. The van der Waals surface area contributed by atoms with Gasteiger partial charge in [-0.05, 0) is 71.6 Å². The number of anilines is 1. The lowest BCUT2D eigenvalue weighted by molar-refractivity contribution is 0.563. The second-order valence-electron chi connectivity index (χ2n) is 9.97. The summed E-state index contributed by atoms with van der Waals surface area (Å²) in [5.74, 6) is 1.26. The van der Waals surface area contributed by atoms with Crippen LogP contribution in [0.5, 0.6) is 0 Å². The van der Waals surface area contributed by atoms with Crippen LogP contribution in [0.4, 0.5) is 5.95 Å². The molecule has 35 heavy (non-hydrogen) atoms. The van der Waals surface area contributed by atoms with Gasteiger partial charge in [-0.2, -0.15) is 8.91 Å². The highest BCUT2D eigenvalue weighted by Gasteiger charge is 2.24. The molecule has 1 aromatic carbocycles. The quantitative estimate of drug-likeness (QED) is 0.393. The monoisotopic (exact) mass is 490 g/mol. The van der Waals surface area contributed by atoms with E-state index in [1.165, 1.54) is 6.42 Å². The first-order valence-corrected chi connectivity index (χ1v) is 13.0. The summed E-state index contributed by atoms with van der Waals surface area (Å²) >= 11 is 0. The van der Waals surface area contributed by atoms with Gasteiger partial charge < -0.3 is 4.90 Å². The Morgan fingerprint density at radius 3 is 2.54 bits per heavy atom. The van der Waals surface area contributed by atoms with E-state index in [2.05, 4.69) is 31.4 Å². The fourth-order valence-corrected chi connectivity index (χ4v) is 4.87. The third-order valence-electron chi connectivity index (χ3n) is 6.07.